The first kappa shape index (κ1) is 17.7. The third kappa shape index (κ3) is 3.47. The van der Waals surface area contributed by atoms with Crippen LogP contribution < -0.4 is 16.6 Å². The zero-order chi connectivity index (χ0) is 19.1. The van der Waals surface area contributed by atoms with E-state index in [1.807, 2.05) is 0 Å². The van der Waals surface area contributed by atoms with Crippen LogP contribution in [0.5, 0.6) is 5.75 Å². The fraction of sp³-hybridized carbons (Fsp3) is 0.235. The van der Waals surface area contributed by atoms with Crippen LogP contribution in [0.3, 0.4) is 0 Å². The number of aromatic nitrogens is 2. The topological polar surface area (TPSA) is 119 Å². The number of phenolic OH excluding ortho intramolecular Hbond substituents is 1. The molecule has 1 aromatic carbocycles. The quantitative estimate of drug-likeness (QED) is 0.634. The molecule has 136 valence electrons. The van der Waals surface area contributed by atoms with E-state index in [2.05, 4.69) is 10.4 Å². The largest absolute Gasteiger partial charge is 0.508 e. The number of rotatable bonds is 2. The van der Waals surface area contributed by atoms with Gasteiger partial charge in [-0.1, -0.05) is 0 Å². The van der Waals surface area contributed by atoms with Crippen molar-refractivity contribution < 1.29 is 14.6 Å². The van der Waals surface area contributed by atoms with E-state index in [-0.39, 0.29) is 17.0 Å². The normalized spacial score (nSPS) is 11.5. The summed E-state index contributed by atoms with van der Waals surface area (Å²) in [5, 5.41) is 19.0. The van der Waals surface area contributed by atoms with Crippen LogP contribution in [0.1, 0.15) is 20.8 Å². The molecule has 26 heavy (non-hydrogen) atoms. The van der Waals surface area contributed by atoms with Crippen molar-refractivity contribution in [3.8, 4) is 11.4 Å². The number of nitrogens with one attached hydrogen (secondary N) is 1. The van der Waals surface area contributed by atoms with E-state index in [1.54, 1.807) is 26.2 Å². The Morgan fingerprint density at radius 2 is 1.96 bits per heavy atom. The van der Waals surface area contributed by atoms with Crippen LogP contribution in [-0.2, 0) is 4.74 Å². The average molecular weight is 374 g/mol. The second-order valence-electron chi connectivity index (χ2n) is 6.60. The maximum Gasteiger partial charge on any atom is 0.413 e. The first-order chi connectivity index (χ1) is 12.2. The highest BCUT2D eigenvalue weighted by Gasteiger charge is 2.21. The molecule has 0 saturated heterocycles. The zero-order valence-electron chi connectivity index (χ0n) is 14.4. The first-order valence-corrected chi connectivity index (χ1v) is 8.63. The Balaban J connectivity index is 2.14. The number of amides is 1. The van der Waals surface area contributed by atoms with E-state index in [9.17, 15) is 14.7 Å². The lowest BCUT2D eigenvalue weighted by atomic mass is 10.2. The van der Waals surface area contributed by atoms with E-state index in [0.29, 0.717) is 16.1 Å². The molecule has 8 nitrogen and oxygen atoms in total. The number of carbonyl (C=O) groups is 1. The number of aromatic hydroxyl groups is 1. The van der Waals surface area contributed by atoms with Crippen molar-refractivity contribution in [3.63, 3.8) is 0 Å². The van der Waals surface area contributed by atoms with E-state index >= 15 is 0 Å². The molecule has 1 amide bonds. The van der Waals surface area contributed by atoms with E-state index < -0.39 is 17.3 Å². The molecule has 0 fully saturated rings. The summed E-state index contributed by atoms with van der Waals surface area (Å²) in [6.07, 6.45) is -0.688. The minimum absolute atomic E-state index is 0.0602. The van der Waals surface area contributed by atoms with Crippen LogP contribution in [0.15, 0.2) is 34.4 Å². The van der Waals surface area contributed by atoms with Gasteiger partial charge in [0.15, 0.2) is 5.82 Å². The molecule has 0 aliphatic heterocycles. The molecule has 0 saturated carbocycles. The fourth-order valence-corrected chi connectivity index (χ4v) is 3.12. The van der Waals surface area contributed by atoms with Crippen molar-refractivity contribution in [1.82, 2.24) is 9.78 Å². The van der Waals surface area contributed by atoms with E-state index in [0.717, 1.165) is 4.68 Å². The summed E-state index contributed by atoms with van der Waals surface area (Å²) in [6, 6.07) is 5.95. The van der Waals surface area contributed by atoms with Gasteiger partial charge in [0.2, 0.25) is 0 Å². The number of anilines is 2. The lowest BCUT2D eigenvalue weighted by molar-refractivity contribution is 0.0635. The second kappa shape index (κ2) is 6.34. The van der Waals surface area contributed by atoms with Crippen LogP contribution in [0.2, 0.25) is 0 Å². The van der Waals surface area contributed by atoms with Crippen LogP contribution in [0.25, 0.3) is 16.5 Å². The number of nitrogen functional groups attached to an aromatic ring is 1. The van der Waals surface area contributed by atoms with Crippen molar-refractivity contribution in [2.75, 3.05) is 11.1 Å². The second-order valence-corrected chi connectivity index (χ2v) is 7.51. The summed E-state index contributed by atoms with van der Waals surface area (Å²) in [5.74, 6) is 0.222. The molecule has 3 aromatic rings. The molecule has 0 aliphatic carbocycles. The Kier molecular flexibility index (Phi) is 4.33. The molecule has 4 N–H and O–H groups in total. The van der Waals surface area contributed by atoms with Gasteiger partial charge in [-0.15, -0.1) is 16.4 Å². The molecule has 0 aliphatic rings. The summed E-state index contributed by atoms with van der Waals surface area (Å²) < 4.78 is 6.37. The Hall–Kier alpha value is -3.07. The molecule has 0 radical (unpaired) electrons. The number of nitrogens with two attached hydrogens (primary N) is 1. The van der Waals surface area contributed by atoms with Gasteiger partial charge in [0, 0.05) is 10.8 Å². The standard InChI is InChI=1S/C17H18N4O4S/c1-17(2,3)25-16(24)19-14-11-8-26-13(18)12(11)15(23)21(20-14)9-4-6-10(22)7-5-9/h4-8,22H,18H2,1-3H3,(H,19,20,24). The molecule has 0 bridgehead atoms. The Bertz CT molecular complexity index is 1030. The van der Waals surface area contributed by atoms with Gasteiger partial charge in [0.05, 0.1) is 16.1 Å². The third-order valence-corrected chi connectivity index (χ3v) is 4.21. The summed E-state index contributed by atoms with van der Waals surface area (Å²) in [6.45, 7) is 5.24. The molecular formula is C17H18N4O4S. The van der Waals surface area contributed by atoms with Gasteiger partial charge < -0.3 is 15.6 Å². The Morgan fingerprint density at radius 1 is 1.31 bits per heavy atom. The van der Waals surface area contributed by atoms with Crippen LogP contribution in [0.4, 0.5) is 15.6 Å². The lowest BCUT2D eigenvalue weighted by Crippen LogP contribution is -2.29. The van der Waals surface area contributed by atoms with Gasteiger partial charge in [-0.2, -0.15) is 4.68 Å². The minimum atomic E-state index is -0.688. The number of thiophene rings is 1. The van der Waals surface area contributed by atoms with Gasteiger partial charge in [-0.25, -0.2) is 4.79 Å². The highest BCUT2D eigenvalue weighted by Crippen LogP contribution is 2.30. The van der Waals surface area contributed by atoms with E-state index in [4.69, 9.17) is 10.5 Å². The number of hydrogen-bond acceptors (Lipinski definition) is 7. The molecule has 3 rings (SSSR count). The maximum atomic E-state index is 12.8. The van der Waals surface area contributed by atoms with Crippen molar-refractivity contribution in [3.05, 3.63) is 40.0 Å². The van der Waals surface area contributed by atoms with Gasteiger partial charge >= 0.3 is 6.09 Å². The maximum absolute atomic E-state index is 12.8. The van der Waals surface area contributed by atoms with E-state index in [1.165, 1.54) is 35.6 Å². The Morgan fingerprint density at radius 3 is 2.58 bits per heavy atom. The van der Waals surface area contributed by atoms with Crippen molar-refractivity contribution in [2.24, 2.45) is 0 Å². The molecule has 0 unspecified atom stereocenters. The van der Waals surface area contributed by atoms with Gasteiger partial charge in [0.1, 0.15) is 11.4 Å². The Labute approximate surface area is 152 Å². The summed E-state index contributed by atoms with van der Waals surface area (Å²) in [7, 11) is 0. The molecule has 2 aromatic heterocycles. The highest BCUT2D eigenvalue weighted by atomic mass is 32.1. The molecule has 9 heteroatoms. The van der Waals surface area contributed by atoms with Gasteiger partial charge in [0.25, 0.3) is 5.56 Å². The number of phenols is 1. The number of fused-ring (bicyclic) bond motifs is 1. The predicted molar refractivity (Wildman–Crippen MR) is 101 cm³/mol. The predicted octanol–water partition coefficient (Wildman–Crippen LogP) is 3.08. The molecular weight excluding hydrogens is 356 g/mol. The number of carbonyl (C=O) groups excluding carboxylic acids is 1. The summed E-state index contributed by atoms with van der Waals surface area (Å²) in [5.41, 5.74) is 5.27. The smallest absolute Gasteiger partial charge is 0.413 e. The van der Waals surface area contributed by atoms with Crippen molar-refractivity contribution in [1.29, 1.82) is 0 Å². The number of hydrogen-bond donors (Lipinski definition) is 3. The summed E-state index contributed by atoms with van der Waals surface area (Å²) >= 11 is 1.18. The van der Waals surface area contributed by atoms with Crippen molar-refractivity contribution >= 4 is 39.0 Å². The highest BCUT2D eigenvalue weighted by molar-refractivity contribution is 7.15. The monoisotopic (exact) mass is 374 g/mol. The van der Waals surface area contributed by atoms with Gasteiger partial charge in [-0.3, -0.25) is 10.1 Å². The average Bonchev–Trinajstić information content (AvgIpc) is 2.92. The minimum Gasteiger partial charge on any atom is -0.508 e. The zero-order valence-corrected chi connectivity index (χ0v) is 15.3. The molecule has 0 spiro atoms. The lowest BCUT2D eigenvalue weighted by Gasteiger charge is -2.19. The molecule has 2 heterocycles. The first-order valence-electron chi connectivity index (χ1n) is 7.75. The van der Waals surface area contributed by atoms with Crippen molar-refractivity contribution in [2.45, 2.75) is 26.4 Å². The van der Waals surface area contributed by atoms with Crippen LogP contribution >= 0.6 is 11.3 Å². The number of ether oxygens (including phenoxy) is 1. The van der Waals surface area contributed by atoms with Crippen LogP contribution in [-0.4, -0.2) is 26.6 Å². The fourth-order valence-electron chi connectivity index (χ4n) is 2.33. The van der Waals surface area contributed by atoms with Crippen LogP contribution in [0, 0.1) is 0 Å². The SMILES string of the molecule is CC(C)(C)OC(=O)Nc1nn(-c2ccc(O)cc2)c(=O)c2c(N)scc12. The molecule has 0 atom stereocenters. The number of benzene rings is 1. The van der Waals surface area contributed by atoms with Gasteiger partial charge in [-0.05, 0) is 45.0 Å². The number of nitrogens with zero attached hydrogens (tertiary/aromatic N) is 2. The summed E-state index contributed by atoms with van der Waals surface area (Å²) in [4.78, 5) is 24.9. The third-order valence-electron chi connectivity index (χ3n) is 3.39.